The predicted molar refractivity (Wildman–Crippen MR) is 76.0 cm³/mol. The van der Waals surface area contributed by atoms with E-state index in [0.717, 1.165) is 11.3 Å². The number of nitriles is 1. The third kappa shape index (κ3) is 2.72. The molecule has 5 heteroatoms. The minimum atomic E-state index is 0.170. The molecule has 0 unspecified atom stereocenters. The molecule has 0 atom stereocenters. The van der Waals surface area contributed by atoms with Gasteiger partial charge in [0, 0.05) is 5.02 Å². The van der Waals surface area contributed by atoms with Gasteiger partial charge in [-0.3, -0.25) is 0 Å². The Labute approximate surface area is 117 Å². The highest BCUT2D eigenvalue weighted by Gasteiger charge is 2.17. The summed E-state index contributed by atoms with van der Waals surface area (Å²) in [7, 11) is 0. The lowest BCUT2D eigenvalue weighted by molar-refractivity contribution is 0.664. The summed E-state index contributed by atoms with van der Waals surface area (Å²) in [5, 5.41) is 14.3. The van der Waals surface area contributed by atoms with Crippen LogP contribution in [0.25, 0.3) is 0 Å². The summed E-state index contributed by atoms with van der Waals surface area (Å²) >= 11 is 5.85. The van der Waals surface area contributed by atoms with Crippen LogP contribution in [0.3, 0.4) is 0 Å². The lowest BCUT2D eigenvalue weighted by Gasteiger charge is -2.04. The zero-order valence-corrected chi connectivity index (χ0v) is 11.6. The van der Waals surface area contributed by atoms with Crippen molar-refractivity contribution in [2.45, 2.75) is 26.3 Å². The summed E-state index contributed by atoms with van der Waals surface area (Å²) in [4.78, 5) is 0. The summed E-state index contributed by atoms with van der Waals surface area (Å²) in [5.74, 6) is 0.588. The third-order valence-electron chi connectivity index (χ3n) is 2.92. The quantitative estimate of drug-likeness (QED) is 0.935. The van der Waals surface area contributed by atoms with Crippen LogP contribution in [-0.4, -0.2) is 9.78 Å². The fraction of sp³-hybridized carbons (Fsp3) is 0.286. The Kier molecular flexibility index (Phi) is 3.77. The second-order valence-electron chi connectivity index (χ2n) is 4.70. The van der Waals surface area contributed by atoms with Crippen LogP contribution < -0.4 is 5.73 Å². The molecule has 4 nitrogen and oxygen atoms in total. The molecule has 1 aromatic carbocycles. The Balaban J connectivity index is 2.36. The minimum absolute atomic E-state index is 0.170. The van der Waals surface area contributed by atoms with E-state index < -0.39 is 0 Å². The molecule has 0 aliphatic rings. The molecule has 1 heterocycles. The van der Waals surface area contributed by atoms with Crippen LogP contribution in [0.15, 0.2) is 24.3 Å². The van der Waals surface area contributed by atoms with Gasteiger partial charge >= 0.3 is 0 Å². The smallest absolute Gasteiger partial charge is 0.140 e. The average Bonchev–Trinajstić information content (AvgIpc) is 2.69. The Morgan fingerprint density at radius 2 is 2.00 bits per heavy atom. The first kappa shape index (κ1) is 13.4. The van der Waals surface area contributed by atoms with E-state index >= 15 is 0 Å². The van der Waals surface area contributed by atoms with Crippen molar-refractivity contribution in [1.29, 1.82) is 5.26 Å². The molecule has 2 N–H and O–H groups in total. The highest BCUT2D eigenvalue weighted by molar-refractivity contribution is 6.30. The number of rotatable bonds is 3. The molecule has 0 amide bonds. The van der Waals surface area contributed by atoms with E-state index in [-0.39, 0.29) is 5.92 Å². The largest absolute Gasteiger partial charge is 0.383 e. The maximum atomic E-state index is 9.16. The maximum absolute atomic E-state index is 9.16. The standard InChI is InChI=1S/C14H15ClN4/c1-9(2)13-12(7-16)14(17)19(18-13)8-10-3-5-11(15)6-4-10/h3-6,9H,8,17H2,1-2H3. The van der Waals surface area contributed by atoms with E-state index in [9.17, 15) is 0 Å². The summed E-state index contributed by atoms with van der Waals surface area (Å²) in [6.45, 7) is 4.52. The van der Waals surface area contributed by atoms with Crippen molar-refractivity contribution in [1.82, 2.24) is 9.78 Å². The Morgan fingerprint density at radius 1 is 1.37 bits per heavy atom. The lowest BCUT2D eigenvalue weighted by atomic mass is 10.1. The van der Waals surface area contributed by atoms with Crippen LogP contribution in [0.1, 0.15) is 36.6 Å². The molecule has 0 spiro atoms. The number of halogens is 1. The number of anilines is 1. The number of aromatic nitrogens is 2. The molecule has 1 aromatic heterocycles. The second-order valence-corrected chi connectivity index (χ2v) is 5.13. The second kappa shape index (κ2) is 5.33. The first-order valence-electron chi connectivity index (χ1n) is 6.03. The van der Waals surface area contributed by atoms with E-state index in [1.807, 2.05) is 38.1 Å². The van der Waals surface area contributed by atoms with Crippen molar-refractivity contribution in [3.63, 3.8) is 0 Å². The lowest BCUT2D eigenvalue weighted by Crippen LogP contribution is -2.06. The van der Waals surface area contributed by atoms with E-state index in [4.69, 9.17) is 22.6 Å². The minimum Gasteiger partial charge on any atom is -0.383 e. The van der Waals surface area contributed by atoms with Gasteiger partial charge in [-0.1, -0.05) is 37.6 Å². The van der Waals surface area contributed by atoms with Crippen LogP contribution in [0, 0.1) is 11.3 Å². The van der Waals surface area contributed by atoms with Gasteiger partial charge < -0.3 is 5.73 Å². The molecule has 0 saturated carbocycles. The van der Waals surface area contributed by atoms with Crippen molar-refractivity contribution < 1.29 is 0 Å². The van der Waals surface area contributed by atoms with E-state index in [1.54, 1.807) is 4.68 Å². The summed E-state index contributed by atoms with van der Waals surface area (Å²) < 4.78 is 1.66. The molecule has 0 radical (unpaired) electrons. The van der Waals surface area contributed by atoms with Gasteiger partial charge in [0.15, 0.2) is 0 Å². The van der Waals surface area contributed by atoms with Crippen LogP contribution in [0.5, 0.6) is 0 Å². The molecule has 0 fully saturated rings. The molecule has 19 heavy (non-hydrogen) atoms. The van der Waals surface area contributed by atoms with Crippen molar-refractivity contribution in [2.75, 3.05) is 5.73 Å². The molecular weight excluding hydrogens is 260 g/mol. The van der Waals surface area contributed by atoms with Crippen LogP contribution in [0.4, 0.5) is 5.82 Å². The zero-order chi connectivity index (χ0) is 14.0. The zero-order valence-electron chi connectivity index (χ0n) is 10.9. The molecule has 0 aliphatic carbocycles. The third-order valence-corrected chi connectivity index (χ3v) is 3.18. The van der Waals surface area contributed by atoms with E-state index in [0.29, 0.717) is 22.9 Å². The van der Waals surface area contributed by atoms with Crippen molar-refractivity contribution in [3.8, 4) is 6.07 Å². The van der Waals surface area contributed by atoms with Gasteiger partial charge in [0.2, 0.25) is 0 Å². The molecule has 0 saturated heterocycles. The van der Waals surface area contributed by atoms with E-state index in [2.05, 4.69) is 11.2 Å². The molecule has 0 aliphatic heterocycles. The number of nitrogens with two attached hydrogens (primary N) is 1. The molecule has 0 bridgehead atoms. The van der Waals surface area contributed by atoms with Gasteiger partial charge in [0.05, 0.1) is 12.2 Å². The highest BCUT2D eigenvalue weighted by atomic mass is 35.5. The molecular formula is C14H15ClN4. The maximum Gasteiger partial charge on any atom is 0.140 e. The van der Waals surface area contributed by atoms with Crippen LogP contribution in [-0.2, 0) is 6.54 Å². The van der Waals surface area contributed by atoms with Gasteiger partial charge in [0.25, 0.3) is 0 Å². The normalized spacial score (nSPS) is 10.7. The van der Waals surface area contributed by atoms with Crippen LogP contribution in [0.2, 0.25) is 5.02 Å². The molecule has 98 valence electrons. The first-order chi connectivity index (χ1) is 9.02. The Hall–Kier alpha value is -1.99. The average molecular weight is 275 g/mol. The summed E-state index contributed by atoms with van der Waals surface area (Å²) in [6, 6.07) is 9.62. The van der Waals surface area contributed by atoms with Crippen molar-refractivity contribution >= 4 is 17.4 Å². The fourth-order valence-electron chi connectivity index (χ4n) is 1.90. The fourth-order valence-corrected chi connectivity index (χ4v) is 2.02. The highest BCUT2D eigenvalue weighted by Crippen LogP contribution is 2.23. The number of nitrogen functional groups attached to an aromatic ring is 1. The Bertz CT molecular complexity index is 620. The van der Waals surface area contributed by atoms with Crippen molar-refractivity contribution in [2.24, 2.45) is 0 Å². The molecule has 2 aromatic rings. The Morgan fingerprint density at radius 3 is 2.47 bits per heavy atom. The van der Waals surface area contributed by atoms with Gasteiger partial charge in [-0.25, -0.2) is 4.68 Å². The van der Waals surface area contributed by atoms with Gasteiger partial charge in [-0.2, -0.15) is 10.4 Å². The number of hydrogen-bond donors (Lipinski definition) is 1. The topological polar surface area (TPSA) is 67.6 Å². The SMILES string of the molecule is CC(C)c1nn(Cc2ccc(Cl)cc2)c(N)c1C#N. The number of nitrogens with zero attached hydrogens (tertiary/aromatic N) is 3. The van der Waals surface area contributed by atoms with Gasteiger partial charge in [-0.15, -0.1) is 0 Å². The monoisotopic (exact) mass is 274 g/mol. The van der Waals surface area contributed by atoms with Crippen LogP contribution >= 0.6 is 11.6 Å². The summed E-state index contributed by atoms with van der Waals surface area (Å²) in [6.07, 6.45) is 0. The number of hydrogen-bond acceptors (Lipinski definition) is 3. The van der Waals surface area contributed by atoms with Crippen molar-refractivity contribution in [3.05, 3.63) is 46.1 Å². The number of benzene rings is 1. The van der Waals surface area contributed by atoms with Gasteiger partial charge in [0.1, 0.15) is 17.5 Å². The predicted octanol–water partition coefficient (Wildman–Crippen LogP) is 3.16. The van der Waals surface area contributed by atoms with E-state index in [1.165, 1.54) is 0 Å². The van der Waals surface area contributed by atoms with Gasteiger partial charge in [-0.05, 0) is 23.6 Å². The summed E-state index contributed by atoms with van der Waals surface area (Å²) in [5.41, 5.74) is 8.24. The molecule has 2 rings (SSSR count). The first-order valence-corrected chi connectivity index (χ1v) is 6.41.